The van der Waals surface area contributed by atoms with E-state index in [0.717, 1.165) is 17.7 Å². The summed E-state index contributed by atoms with van der Waals surface area (Å²) in [5.41, 5.74) is 3.44. The zero-order valence-corrected chi connectivity index (χ0v) is 13.1. The molecule has 0 aromatic heterocycles. The van der Waals surface area contributed by atoms with Crippen LogP contribution in [0.15, 0.2) is 42.5 Å². The summed E-state index contributed by atoms with van der Waals surface area (Å²) in [4.78, 5) is 12.2. The number of hydrogen-bond donors (Lipinski definition) is 2. The SMILES string of the molecule is CCc1cccc(NC(C)C(=O)Nc2cc(F)ccc2C)c1. The Labute approximate surface area is 130 Å². The third kappa shape index (κ3) is 4.07. The molecule has 0 fully saturated rings. The van der Waals surface area contributed by atoms with Crippen LogP contribution < -0.4 is 10.6 Å². The van der Waals surface area contributed by atoms with Gasteiger partial charge in [-0.15, -0.1) is 0 Å². The van der Waals surface area contributed by atoms with Crippen molar-refractivity contribution in [2.75, 3.05) is 10.6 Å². The number of nitrogens with one attached hydrogen (secondary N) is 2. The van der Waals surface area contributed by atoms with Crippen molar-refractivity contribution in [3.8, 4) is 0 Å². The molecular weight excluding hydrogens is 279 g/mol. The van der Waals surface area contributed by atoms with Crippen molar-refractivity contribution >= 4 is 17.3 Å². The smallest absolute Gasteiger partial charge is 0.246 e. The number of carbonyl (C=O) groups excluding carboxylic acids is 1. The third-order valence-corrected chi connectivity index (χ3v) is 3.57. The zero-order chi connectivity index (χ0) is 16.1. The molecular formula is C18H21FN2O. The lowest BCUT2D eigenvalue weighted by Crippen LogP contribution is -2.32. The summed E-state index contributed by atoms with van der Waals surface area (Å²) in [5, 5.41) is 5.92. The minimum atomic E-state index is -0.422. The molecule has 116 valence electrons. The maximum absolute atomic E-state index is 13.3. The molecule has 1 unspecified atom stereocenters. The number of benzene rings is 2. The highest BCUT2D eigenvalue weighted by Crippen LogP contribution is 2.17. The van der Waals surface area contributed by atoms with Gasteiger partial charge >= 0.3 is 0 Å². The predicted octanol–water partition coefficient (Wildman–Crippen LogP) is 4.14. The highest BCUT2D eigenvalue weighted by atomic mass is 19.1. The van der Waals surface area contributed by atoms with E-state index in [1.807, 2.05) is 31.2 Å². The van der Waals surface area contributed by atoms with Gasteiger partial charge in [-0.25, -0.2) is 4.39 Å². The van der Waals surface area contributed by atoms with Gasteiger partial charge in [0, 0.05) is 11.4 Å². The number of hydrogen-bond acceptors (Lipinski definition) is 2. The van der Waals surface area contributed by atoms with Crippen molar-refractivity contribution in [2.24, 2.45) is 0 Å². The fraction of sp³-hybridized carbons (Fsp3) is 0.278. The van der Waals surface area contributed by atoms with Crippen molar-refractivity contribution in [1.29, 1.82) is 0 Å². The molecule has 3 nitrogen and oxygen atoms in total. The van der Waals surface area contributed by atoms with Gasteiger partial charge in [0.05, 0.1) is 0 Å². The minimum Gasteiger partial charge on any atom is -0.374 e. The number of rotatable bonds is 5. The van der Waals surface area contributed by atoms with Crippen molar-refractivity contribution in [2.45, 2.75) is 33.2 Å². The summed E-state index contributed by atoms with van der Waals surface area (Å²) < 4.78 is 13.3. The molecule has 2 N–H and O–H groups in total. The molecule has 2 aromatic carbocycles. The maximum atomic E-state index is 13.3. The molecule has 0 aliphatic rings. The molecule has 1 atom stereocenters. The molecule has 0 saturated heterocycles. The van der Waals surface area contributed by atoms with Crippen LogP contribution in [-0.2, 0) is 11.2 Å². The molecule has 0 bridgehead atoms. The van der Waals surface area contributed by atoms with Gasteiger partial charge in [-0.1, -0.05) is 25.1 Å². The number of halogens is 1. The Morgan fingerprint density at radius 3 is 2.73 bits per heavy atom. The van der Waals surface area contributed by atoms with Crippen LogP contribution in [0.3, 0.4) is 0 Å². The van der Waals surface area contributed by atoms with Gasteiger partial charge in [-0.3, -0.25) is 4.79 Å². The molecule has 0 saturated carbocycles. The second kappa shape index (κ2) is 7.07. The topological polar surface area (TPSA) is 41.1 Å². The molecule has 1 amide bonds. The zero-order valence-electron chi connectivity index (χ0n) is 13.1. The lowest BCUT2D eigenvalue weighted by Gasteiger charge is -2.17. The van der Waals surface area contributed by atoms with Crippen molar-refractivity contribution < 1.29 is 9.18 Å². The number of amides is 1. The Morgan fingerprint density at radius 2 is 2.00 bits per heavy atom. The molecule has 0 radical (unpaired) electrons. The van der Waals surface area contributed by atoms with Crippen molar-refractivity contribution in [3.05, 3.63) is 59.4 Å². The summed E-state index contributed by atoms with van der Waals surface area (Å²) >= 11 is 0. The van der Waals surface area contributed by atoms with Crippen LogP contribution in [0.4, 0.5) is 15.8 Å². The van der Waals surface area contributed by atoms with Gasteiger partial charge in [0.2, 0.25) is 5.91 Å². The van der Waals surface area contributed by atoms with Crippen LogP contribution in [0.5, 0.6) is 0 Å². The molecule has 2 aromatic rings. The standard InChI is InChI=1S/C18H21FN2O/c1-4-14-6-5-7-16(10-14)20-13(3)18(22)21-17-11-15(19)9-8-12(17)2/h5-11,13,20H,4H2,1-3H3,(H,21,22). The molecule has 0 spiro atoms. The van der Waals surface area contributed by atoms with Crippen LogP contribution in [0.2, 0.25) is 0 Å². The lowest BCUT2D eigenvalue weighted by molar-refractivity contribution is -0.116. The lowest BCUT2D eigenvalue weighted by atomic mass is 10.1. The normalized spacial score (nSPS) is 11.8. The van der Waals surface area contributed by atoms with Gasteiger partial charge < -0.3 is 10.6 Å². The molecule has 4 heteroatoms. The Morgan fingerprint density at radius 1 is 1.23 bits per heavy atom. The monoisotopic (exact) mass is 300 g/mol. The summed E-state index contributed by atoms with van der Waals surface area (Å²) in [6.45, 7) is 5.70. The number of anilines is 2. The van der Waals surface area contributed by atoms with Gasteiger partial charge in [0.15, 0.2) is 0 Å². The van der Waals surface area contributed by atoms with Crippen molar-refractivity contribution in [1.82, 2.24) is 0 Å². The molecule has 2 rings (SSSR count). The first-order valence-corrected chi connectivity index (χ1v) is 7.42. The fourth-order valence-electron chi connectivity index (χ4n) is 2.17. The largest absolute Gasteiger partial charge is 0.374 e. The predicted molar refractivity (Wildman–Crippen MR) is 88.7 cm³/mol. The average Bonchev–Trinajstić information content (AvgIpc) is 2.51. The third-order valence-electron chi connectivity index (χ3n) is 3.57. The van der Waals surface area contributed by atoms with E-state index >= 15 is 0 Å². The summed E-state index contributed by atoms with van der Waals surface area (Å²) in [6.07, 6.45) is 0.943. The Kier molecular flexibility index (Phi) is 5.15. The Balaban J connectivity index is 2.04. The molecule has 22 heavy (non-hydrogen) atoms. The van der Waals surface area contributed by atoms with Gasteiger partial charge in [-0.05, 0) is 55.7 Å². The van der Waals surface area contributed by atoms with E-state index in [0.29, 0.717) is 5.69 Å². The van der Waals surface area contributed by atoms with E-state index in [2.05, 4.69) is 17.6 Å². The first kappa shape index (κ1) is 16.0. The second-order valence-corrected chi connectivity index (χ2v) is 5.37. The van der Waals surface area contributed by atoms with E-state index in [-0.39, 0.29) is 11.7 Å². The second-order valence-electron chi connectivity index (χ2n) is 5.37. The van der Waals surface area contributed by atoms with E-state index in [1.165, 1.54) is 17.7 Å². The van der Waals surface area contributed by atoms with Crippen molar-refractivity contribution in [3.63, 3.8) is 0 Å². The van der Waals surface area contributed by atoms with Crippen LogP contribution in [0, 0.1) is 12.7 Å². The number of aryl methyl sites for hydroxylation is 2. The minimum absolute atomic E-state index is 0.199. The first-order valence-electron chi connectivity index (χ1n) is 7.42. The molecule has 0 heterocycles. The quantitative estimate of drug-likeness (QED) is 0.871. The molecule has 0 aliphatic heterocycles. The van der Waals surface area contributed by atoms with Gasteiger partial charge in [0.25, 0.3) is 0 Å². The summed E-state index contributed by atoms with van der Waals surface area (Å²) in [7, 11) is 0. The summed E-state index contributed by atoms with van der Waals surface area (Å²) in [5.74, 6) is -0.562. The Hall–Kier alpha value is -2.36. The van der Waals surface area contributed by atoms with E-state index < -0.39 is 6.04 Å². The van der Waals surface area contributed by atoms with Gasteiger partial charge in [-0.2, -0.15) is 0 Å². The van der Waals surface area contributed by atoms with E-state index in [9.17, 15) is 9.18 Å². The highest BCUT2D eigenvalue weighted by Gasteiger charge is 2.14. The maximum Gasteiger partial charge on any atom is 0.246 e. The Bertz CT molecular complexity index is 670. The summed E-state index contributed by atoms with van der Waals surface area (Å²) in [6, 6.07) is 11.9. The molecule has 0 aliphatic carbocycles. The highest BCUT2D eigenvalue weighted by molar-refractivity contribution is 5.96. The van der Waals surface area contributed by atoms with Crippen LogP contribution >= 0.6 is 0 Å². The average molecular weight is 300 g/mol. The van der Waals surface area contributed by atoms with Crippen LogP contribution in [0.25, 0.3) is 0 Å². The van der Waals surface area contributed by atoms with Gasteiger partial charge in [0.1, 0.15) is 11.9 Å². The first-order chi connectivity index (χ1) is 10.5. The number of carbonyl (C=O) groups is 1. The van der Waals surface area contributed by atoms with Crippen LogP contribution in [0.1, 0.15) is 25.0 Å². The van der Waals surface area contributed by atoms with Crippen LogP contribution in [-0.4, -0.2) is 11.9 Å². The van der Waals surface area contributed by atoms with E-state index in [1.54, 1.807) is 13.0 Å². The fourth-order valence-corrected chi connectivity index (χ4v) is 2.17. The van der Waals surface area contributed by atoms with E-state index in [4.69, 9.17) is 0 Å².